The van der Waals surface area contributed by atoms with E-state index in [1.54, 1.807) is 135 Å². The largest absolute Gasteiger partial charge is 0.397 e. The molecule has 640 valence electrons. The van der Waals surface area contributed by atoms with Crippen LogP contribution in [0.15, 0.2) is 271 Å². The second-order valence-electron chi connectivity index (χ2n) is 29.5. The first-order valence-corrected chi connectivity index (χ1v) is 41.1. The van der Waals surface area contributed by atoms with Gasteiger partial charge in [-0.1, -0.05) is 136 Å². The minimum absolute atomic E-state index is 0.0327. The number of hydrogen-bond donors (Lipinski definition) is 13. The Labute approximate surface area is 727 Å². The minimum Gasteiger partial charge on any atom is -0.397 e. The Morgan fingerprint density at radius 3 is 1.47 bits per heavy atom. The van der Waals surface area contributed by atoms with Gasteiger partial charge in [0, 0.05) is 54.4 Å². The third-order valence-corrected chi connectivity index (χ3v) is 21.5. The number of ketones is 1. The normalized spacial score (nSPS) is 11.9. The molecule has 18 rings (SSSR count). The number of urea groups is 1. The highest BCUT2D eigenvalue weighted by molar-refractivity contribution is 6.07. The number of aromatic nitrogens is 18. The van der Waals surface area contributed by atoms with E-state index in [1.807, 2.05) is 142 Å². The fourth-order valence-corrected chi connectivity index (χ4v) is 15.2. The molecule has 4 amide bonds. The van der Waals surface area contributed by atoms with Crippen LogP contribution in [-0.2, 0) is 12.8 Å². The summed E-state index contributed by atoms with van der Waals surface area (Å²) in [7, 11) is 0. The van der Waals surface area contributed by atoms with Crippen LogP contribution in [0.3, 0.4) is 0 Å². The summed E-state index contributed by atoms with van der Waals surface area (Å²) in [6.07, 6.45) is 16.4. The molecular formula is C93H84N26O9. The van der Waals surface area contributed by atoms with Gasteiger partial charge in [0.1, 0.15) is 40.4 Å². The van der Waals surface area contributed by atoms with Crippen molar-refractivity contribution in [3.05, 3.63) is 333 Å². The zero-order valence-electron chi connectivity index (χ0n) is 69.2. The Balaban J connectivity index is 0.000000142. The first-order valence-electron chi connectivity index (χ1n) is 41.1. The Morgan fingerprint density at radius 1 is 0.453 bits per heavy atom. The van der Waals surface area contributed by atoms with Crippen LogP contribution < -0.4 is 60.0 Å². The molecule has 128 heavy (non-hydrogen) atoms. The second kappa shape index (κ2) is 38.6. The number of nitrogen functional groups attached to an aromatic ring is 1. The Bertz CT molecular complexity index is 7290. The first kappa shape index (κ1) is 84.6. The molecule has 35 heteroatoms. The van der Waals surface area contributed by atoms with Crippen molar-refractivity contribution in [3.63, 3.8) is 0 Å². The molecule has 14 N–H and O–H groups in total. The molecule has 8 aromatic carbocycles. The molecule has 0 unspecified atom stereocenters. The van der Waals surface area contributed by atoms with E-state index in [4.69, 9.17) is 31.1 Å². The predicted molar refractivity (Wildman–Crippen MR) is 486 cm³/mol. The van der Waals surface area contributed by atoms with E-state index in [2.05, 4.69) is 86.4 Å². The lowest BCUT2D eigenvalue weighted by Crippen LogP contribution is -2.33. The number of anilines is 5. The number of nitrogens with two attached hydrogens (primary N) is 1. The maximum Gasteiger partial charge on any atom is 0.338 e. The fraction of sp³-hybridized carbons (Fsp3) is 0.151. The van der Waals surface area contributed by atoms with Crippen LogP contribution in [0.2, 0.25) is 0 Å². The third kappa shape index (κ3) is 18.0. The number of aromatic amines is 3. The number of fused-ring (bicyclic) bond motifs is 6. The number of aryl methyl sites for hydroxylation is 1. The molecule has 0 radical (unpaired) electrons. The highest BCUT2D eigenvalue weighted by Gasteiger charge is 2.29. The lowest BCUT2D eigenvalue weighted by molar-refractivity contribution is 0.0694. The Morgan fingerprint density at radius 2 is 0.938 bits per heavy atom. The smallest absolute Gasteiger partial charge is 0.338 e. The van der Waals surface area contributed by atoms with Crippen LogP contribution in [-0.4, -0.2) is 129 Å². The SMILES string of the molecule is CC[C@H](Nc1nccc2[nH]cnc12)c1nc2cccc(CC(=O)c3ccc(C(=O)Nc4ccccc4N)cc3)c2c(=O)n1-c1ccccc1.CC[C@H](Nc1nccc2[nH]cnc12)c1nc2cccc(CCCCNC(=O)NO)c2c(=O)n1-c1ccccc1.CC[C@H](Nc1ncnc2nc[nH]c12)c1nc2cccc(-c3cnc(C(=O)NO)nc3)c2c(=O)n1-c1ccccc1. The summed E-state index contributed by atoms with van der Waals surface area (Å²) in [5.41, 5.74) is 20.5. The number of hydroxylamine groups is 2. The number of amides is 4. The zero-order valence-corrected chi connectivity index (χ0v) is 69.2. The van der Waals surface area contributed by atoms with Crippen LogP contribution >= 0.6 is 0 Å². The van der Waals surface area contributed by atoms with Gasteiger partial charge in [-0.25, -0.2) is 75.6 Å². The van der Waals surface area contributed by atoms with Gasteiger partial charge >= 0.3 is 11.9 Å². The van der Waals surface area contributed by atoms with E-state index in [0.717, 1.165) is 34.2 Å². The molecule has 18 aromatic rings. The highest BCUT2D eigenvalue weighted by atomic mass is 16.5. The van der Waals surface area contributed by atoms with Gasteiger partial charge in [-0.3, -0.25) is 52.9 Å². The number of rotatable bonds is 27. The van der Waals surface area contributed by atoms with E-state index in [0.29, 0.717) is 174 Å². The van der Waals surface area contributed by atoms with Crippen molar-refractivity contribution < 1.29 is 29.6 Å². The lowest BCUT2D eigenvalue weighted by Gasteiger charge is -2.22. The predicted octanol–water partition coefficient (Wildman–Crippen LogP) is 13.9. The van der Waals surface area contributed by atoms with Crippen molar-refractivity contribution in [2.24, 2.45) is 0 Å². The molecule has 35 nitrogen and oxygen atoms in total. The molecule has 0 spiro atoms. The number of imidazole rings is 3. The number of para-hydroxylation sites is 5. The van der Waals surface area contributed by atoms with E-state index in [-0.39, 0.29) is 46.7 Å². The Hall–Kier alpha value is -17.0. The molecule has 10 heterocycles. The van der Waals surface area contributed by atoms with Crippen molar-refractivity contribution >= 4 is 118 Å². The number of Topliss-reactive ketones (excluding diaryl/α,β-unsaturated/α-hetero) is 1. The number of carbonyl (C=O) groups is 4. The summed E-state index contributed by atoms with van der Waals surface area (Å²) < 4.78 is 4.88. The van der Waals surface area contributed by atoms with Gasteiger partial charge in [0.05, 0.1) is 109 Å². The van der Waals surface area contributed by atoms with Gasteiger partial charge < -0.3 is 47.3 Å². The second-order valence-corrected chi connectivity index (χ2v) is 29.5. The van der Waals surface area contributed by atoms with Crippen molar-refractivity contribution in [2.75, 3.05) is 33.5 Å². The topological polar surface area (TPSA) is 487 Å². The van der Waals surface area contributed by atoms with Gasteiger partial charge in [0.15, 0.2) is 28.9 Å². The van der Waals surface area contributed by atoms with Gasteiger partial charge in [0.25, 0.3) is 22.6 Å². The number of hydrogen-bond acceptors (Lipinski definition) is 25. The number of carbonyl (C=O) groups excluding carboxylic acids is 4. The fourth-order valence-electron chi connectivity index (χ4n) is 15.2. The van der Waals surface area contributed by atoms with Crippen molar-refractivity contribution in [2.45, 2.75) is 83.8 Å². The lowest BCUT2D eigenvalue weighted by atomic mass is 9.99. The average Bonchev–Trinajstić information content (AvgIpc) is 0.975. The quantitative estimate of drug-likeness (QED) is 0.00747. The summed E-state index contributed by atoms with van der Waals surface area (Å²) in [6.45, 7) is 6.45. The standard InChI is InChI=1S/C38H32N8O3.C28H30N8O3.C27H22N10O3/c1-2-28(43-35-34-31(19-20-40-35)41-22-42-34)36-44-30-14-8-9-25(33(30)38(49)46(36)26-10-4-3-5-11-26)21-32(47)23-15-17-24(18-16-23)37(48)45-29-13-7-6-12-27(29)39;1-2-20(33-25-24-22(14-16-29-25)31-17-32-24)26-34-21-13-8-10-18(9-6-7-15-30-28(38)35-39)23(21)27(37)36(26)19-11-4-3-5-12-19;1-2-18(34-23-21-22(31-13-30-21)32-14-33-23)25-35-19-10-6-9-17(15-11-28-24(29-12-15)26(38)36-40)20(19)27(39)37(25)16-7-4-3-5-8-16/h3-20,22,28H,2,21,39H2,1H3,(H,40,43)(H,41,42)(H,45,48);3-5,8,10-14,16-17,20,39H,2,6-7,9,15H2,1H3,(H,29,33)(H,31,32)(H2,30,35,38);3-14,18,40H,2H2,1H3,(H,36,38)(H2,30,31,32,33,34)/t28-;20-;18-/m000/s1. The molecule has 0 aliphatic heterocycles. The summed E-state index contributed by atoms with van der Waals surface area (Å²) in [5.74, 6) is 1.75. The van der Waals surface area contributed by atoms with Crippen LogP contribution in [0, 0.1) is 0 Å². The molecule has 0 fully saturated rings. The number of nitrogens with zero attached hydrogens (tertiary/aromatic N) is 15. The summed E-state index contributed by atoms with van der Waals surface area (Å²) in [4.78, 5) is 155. The molecule has 0 saturated heterocycles. The molecule has 0 bridgehead atoms. The van der Waals surface area contributed by atoms with E-state index in [1.165, 1.54) is 24.2 Å². The minimum atomic E-state index is -0.837. The van der Waals surface area contributed by atoms with Gasteiger partial charge in [-0.2, -0.15) is 0 Å². The molecule has 0 aliphatic rings. The molecule has 10 aromatic heterocycles. The van der Waals surface area contributed by atoms with Gasteiger partial charge in [-0.15, -0.1) is 0 Å². The van der Waals surface area contributed by atoms with Crippen molar-refractivity contribution in [1.29, 1.82) is 0 Å². The number of nitrogens with one attached hydrogen (secondary N) is 10. The maximum absolute atomic E-state index is 14.5. The number of pyridine rings is 2. The van der Waals surface area contributed by atoms with Gasteiger partial charge in [-0.05, 0) is 146 Å². The van der Waals surface area contributed by atoms with Crippen LogP contribution in [0.5, 0.6) is 0 Å². The van der Waals surface area contributed by atoms with Crippen molar-refractivity contribution in [1.82, 2.24) is 105 Å². The Kier molecular flexibility index (Phi) is 25.5. The summed E-state index contributed by atoms with van der Waals surface area (Å²) in [6, 6.07) is 59.9. The molecule has 3 atom stereocenters. The third-order valence-electron chi connectivity index (χ3n) is 21.5. The van der Waals surface area contributed by atoms with Crippen molar-refractivity contribution in [3.8, 4) is 28.2 Å². The maximum atomic E-state index is 14.5. The van der Waals surface area contributed by atoms with Crippen LogP contribution in [0.1, 0.15) is 131 Å². The molecule has 0 saturated carbocycles. The van der Waals surface area contributed by atoms with Crippen LogP contribution in [0.4, 0.5) is 33.6 Å². The number of H-pyrrole nitrogens is 3. The van der Waals surface area contributed by atoms with E-state index < -0.39 is 24.0 Å². The summed E-state index contributed by atoms with van der Waals surface area (Å²) in [5, 5.41) is 34.5. The summed E-state index contributed by atoms with van der Waals surface area (Å²) >= 11 is 0. The van der Waals surface area contributed by atoms with Gasteiger partial charge in [0.2, 0.25) is 5.82 Å². The van der Waals surface area contributed by atoms with E-state index in [9.17, 15) is 33.6 Å². The monoisotopic (exact) mass is 1710 g/mol. The number of benzene rings is 8. The first-order chi connectivity index (χ1) is 62.6. The number of unbranched alkanes of at least 4 members (excludes halogenated alkanes) is 1. The molecule has 0 aliphatic carbocycles. The van der Waals surface area contributed by atoms with Crippen LogP contribution in [0.25, 0.3) is 94.1 Å². The van der Waals surface area contributed by atoms with E-state index >= 15 is 0 Å². The highest BCUT2D eigenvalue weighted by Crippen LogP contribution is 2.34. The average molecular weight is 1710 g/mol. The zero-order chi connectivity index (χ0) is 88.7. The molecular weight excluding hydrogens is 1630 g/mol.